The number of pyridine rings is 1. The van der Waals surface area contributed by atoms with Crippen molar-refractivity contribution in [1.29, 1.82) is 0 Å². The fraction of sp³-hybridized carbons (Fsp3) is 0.471. The molecule has 0 saturated carbocycles. The van der Waals surface area contributed by atoms with Crippen LogP contribution in [0.15, 0.2) is 42.6 Å². The van der Waals surface area contributed by atoms with Crippen LogP contribution >= 0.6 is 10.9 Å². The predicted octanol–water partition coefficient (Wildman–Crippen LogP) is 6.45. The lowest BCUT2D eigenvalue weighted by Gasteiger charge is -2.42. The lowest BCUT2D eigenvalue weighted by Crippen LogP contribution is -2.57. The first kappa shape index (κ1) is 29.8. The number of anilines is 1. The molecule has 2 unspecified atom stereocenters. The summed E-state index contributed by atoms with van der Waals surface area (Å²) in [7, 11) is 0.0275. The Morgan fingerprint density at radius 2 is 1.73 bits per heavy atom. The maximum absolute atomic E-state index is 16.7. The van der Waals surface area contributed by atoms with E-state index in [-0.39, 0.29) is 58.1 Å². The van der Waals surface area contributed by atoms with E-state index < -0.39 is 11.4 Å². The number of thiol groups is 1. The van der Waals surface area contributed by atoms with Crippen molar-refractivity contribution in [1.82, 2.24) is 19.9 Å². The van der Waals surface area contributed by atoms with E-state index in [1.165, 1.54) is 6.07 Å². The van der Waals surface area contributed by atoms with Gasteiger partial charge >= 0.3 is 12.1 Å². The highest BCUT2D eigenvalue weighted by molar-refractivity contribution is 8.16. The van der Waals surface area contributed by atoms with Crippen LogP contribution in [0.3, 0.4) is 0 Å². The summed E-state index contributed by atoms with van der Waals surface area (Å²) in [5.41, 5.74) is 0.139. The van der Waals surface area contributed by atoms with Crippen LogP contribution < -0.4 is 9.64 Å². The van der Waals surface area contributed by atoms with E-state index >= 15 is 4.39 Å². The van der Waals surface area contributed by atoms with Crippen LogP contribution in [0.5, 0.6) is 11.8 Å². The summed E-state index contributed by atoms with van der Waals surface area (Å²) in [6.45, 7) is 6.69. The Kier molecular flexibility index (Phi) is 7.62. The Hall–Kier alpha value is -3.86. The zero-order valence-electron chi connectivity index (χ0n) is 26.2. The van der Waals surface area contributed by atoms with Crippen LogP contribution in [-0.2, 0) is 4.74 Å². The van der Waals surface area contributed by atoms with Gasteiger partial charge in [0.25, 0.3) is 0 Å². The lowest BCUT2D eigenvalue weighted by molar-refractivity contribution is 0.0122. The van der Waals surface area contributed by atoms with Gasteiger partial charge < -0.3 is 19.5 Å². The van der Waals surface area contributed by atoms with E-state index in [2.05, 4.69) is 21.1 Å². The lowest BCUT2D eigenvalue weighted by atomic mass is 10.00. The molecular weight excluding hydrogens is 593 g/mol. The van der Waals surface area contributed by atoms with Gasteiger partial charge in [-0.15, -0.1) is 0 Å². The predicted molar refractivity (Wildman–Crippen MR) is 177 cm³/mol. The highest BCUT2D eigenvalue weighted by Gasteiger charge is 2.45. The Morgan fingerprint density at radius 3 is 2.44 bits per heavy atom. The highest BCUT2D eigenvalue weighted by Crippen LogP contribution is 2.40. The third-order valence-corrected chi connectivity index (χ3v) is 11.1. The van der Waals surface area contributed by atoms with Crippen molar-refractivity contribution < 1.29 is 23.8 Å². The topological polar surface area (TPSA) is 101 Å². The van der Waals surface area contributed by atoms with Gasteiger partial charge in [0.1, 0.15) is 34.5 Å². The minimum Gasteiger partial charge on any atom is -0.508 e. The second-order valence-corrected chi connectivity index (χ2v) is 16.1. The number of halogens is 1. The van der Waals surface area contributed by atoms with E-state index in [1.807, 2.05) is 49.9 Å². The minimum absolute atomic E-state index is 0.0198. The first-order valence-electron chi connectivity index (χ1n) is 15.7. The Balaban J connectivity index is 1.30. The van der Waals surface area contributed by atoms with E-state index in [4.69, 9.17) is 14.5 Å². The molecule has 0 radical (unpaired) electrons. The van der Waals surface area contributed by atoms with Crippen LogP contribution in [0.25, 0.3) is 32.9 Å². The number of rotatable bonds is 4. The molecule has 0 aliphatic carbocycles. The number of carbonyl (C=O) groups is 1. The van der Waals surface area contributed by atoms with Gasteiger partial charge in [-0.2, -0.15) is 9.97 Å². The summed E-state index contributed by atoms with van der Waals surface area (Å²) in [5.74, 6) is 2.26. The first-order chi connectivity index (χ1) is 21.5. The molecular formula is C34H40FN5O4S. The maximum atomic E-state index is 16.7. The molecule has 0 spiro atoms. The average molecular weight is 634 g/mol. The fourth-order valence-corrected chi connectivity index (χ4v) is 8.62. The van der Waals surface area contributed by atoms with E-state index in [1.54, 1.807) is 12.3 Å². The summed E-state index contributed by atoms with van der Waals surface area (Å²) >= 11 is 0. The molecule has 5 heterocycles. The molecule has 3 saturated heterocycles. The molecule has 3 aliphatic heterocycles. The van der Waals surface area contributed by atoms with E-state index in [9.17, 15) is 9.90 Å². The van der Waals surface area contributed by atoms with Crippen molar-refractivity contribution in [3.05, 3.63) is 48.4 Å². The summed E-state index contributed by atoms with van der Waals surface area (Å²) in [6.07, 6.45) is 7.19. The van der Waals surface area contributed by atoms with Crippen LogP contribution in [0.2, 0.25) is 0 Å². The fourth-order valence-electron chi connectivity index (χ4n) is 6.93. The Bertz CT molecular complexity index is 1760. The van der Waals surface area contributed by atoms with E-state index in [0.29, 0.717) is 29.9 Å². The summed E-state index contributed by atoms with van der Waals surface area (Å²) < 4.78 is 28.8. The van der Waals surface area contributed by atoms with Crippen LogP contribution in [0, 0.1) is 5.82 Å². The number of aromatic hydroxyl groups is 1. The van der Waals surface area contributed by atoms with Gasteiger partial charge in [-0.05, 0) is 87.1 Å². The number of phenols is 1. The van der Waals surface area contributed by atoms with Crippen molar-refractivity contribution >= 4 is 44.5 Å². The average Bonchev–Trinajstić information content (AvgIpc) is 3.27. The molecule has 1 amide bonds. The SMILES string of the molecule is C[SH]1CCC(Oc2nc(N3CC4CCC(C3)N4C(=O)OC(C)(C)C)c3cnc(-c4cc(O)cc5ccccc45)c(F)c3n2)CC1. The number of benzene rings is 2. The van der Waals surface area contributed by atoms with Gasteiger partial charge in [0, 0.05) is 24.8 Å². The summed E-state index contributed by atoms with van der Waals surface area (Å²) in [6, 6.07) is 10.8. The monoisotopic (exact) mass is 633 g/mol. The smallest absolute Gasteiger partial charge is 0.410 e. The first-order valence-corrected chi connectivity index (χ1v) is 17.9. The number of nitrogens with zero attached hydrogens (tertiary/aromatic N) is 5. The van der Waals surface area contributed by atoms with Crippen molar-refractivity contribution in [3.8, 4) is 23.0 Å². The standard InChI is InChI=1S/C34H40FN5O4S/c1-34(2,3)44-33(42)40-21-9-10-22(40)19-39(18-21)31-27-17-36-29(26-16-23(41)15-20-7-5-6-8-25(20)26)28(35)30(27)37-32(38-31)43-24-11-13-45(4)14-12-24/h5-8,15-17,21-22,24,41,45H,9-14,18-19H2,1-4H3. The van der Waals surface area contributed by atoms with Crippen LogP contribution in [0.1, 0.15) is 46.5 Å². The van der Waals surface area contributed by atoms with Crippen LogP contribution in [0.4, 0.5) is 15.0 Å². The van der Waals surface area contributed by atoms with Crippen molar-refractivity contribution in [2.24, 2.45) is 0 Å². The molecule has 3 aliphatic rings. The van der Waals surface area contributed by atoms with Gasteiger partial charge in [-0.25, -0.2) is 9.18 Å². The number of hydrogen-bond donors (Lipinski definition) is 2. The molecule has 2 aromatic carbocycles. The molecule has 2 aromatic heterocycles. The van der Waals surface area contributed by atoms with Crippen molar-refractivity contribution in [2.75, 3.05) is 35.8 Å². The third-order valence-electron chi connectivity index (χ3n) is 9.07. The van der Waals surface area contributed by atoms with Gasteiger partial charge in [-0.3, -0.25) is 20.8 Å². The molecule has 2 atom stereocenters. The molecule has 45 heavy (non-hydrogen) atoms. The summed E-state index contributed by atoms with van der Waals surface area (Å²) in [4.78, 5) is 31.3. The zero-order chi connectivity index (χ0) is 31.5. The molecule has 9 nitrogen and oxygen atoms in total. The molecule has 2 bridgehead atoms. The number of hydrogen-bond acceptors (Lipinski definition) is 8. The van der Waals surface area contributed by atoms with Crippen LogP contribution in [-0.4, -0.2) is 85.7 Å². The highest BCUT2D eigenvalue weighted by atomic mass is 32.2. The second-order valence-electron chi connectivity index (χ2n) is 13.5. The molecule has 7 rings (SSSR count). The van der Waals surface area contributed by atoms with Gasteiger partial charge in [0.2, 0.25) is 0 Å². The molecule has 3 fully saturated rings. The van der Waals surface area contributed by atoms with Crippen molar-refractivity contribution in [3.63, 3.8) is 0 Å². The number of piperazine rings is 1. The molecule has 4 aromatic rings. The molecule has 1 N–H and O–H groups in total. The summed E-state index contributed by atoms with van der Waals surface area (Å²) in [5, 5.41) is 12.5. The molecule has 11 heteroatoms. The Morgan fingerprint density at radius 1 is 1.02 bits per heavy atom. The number of fused-ring (bicyclic) bond motifs is 4. The normalized spacial score (nSPS) is 24.3. The van der Waals surface area contributed by atoms with E-state index in [0.717, 1.165) is 48.0 Å². The number of amides is 1. The third kappa shape index (κ3) is 5.82. The van der Waals surface area contributed by atoms with Crippen molar-refractivity contribution in [2.45, 2.75) is 70.2 Å². The number of ether oxygens (including phenoxy) is 2. The number of aromatic nitrogens is 3. The largest absolute Gasteiger partial charge is 0.508 e. The second kappa shape index (κ2) is 11.5. The van der Waals surface area contributed by atoms with Gasteiger partial charge in [0.15, 0.2) is 5.82 Å². The number of carbonyl (C=O) groups excluding carboxylic acids is 1. The zero-order valence-corrected chi connectivity index (χ0v) is 27.1. The Labute approximate surface area is 265 Å². The van der Waals surface area contributed by atoms with Gasteiger partial charge in [-0.1, -0.05) is 24.3 Å². The van der Waals surface area contributed by atoms with Gasteiger partial charge in [0.05, 0.1) is 17.5 Å². The molecule has 238 valence electrons. The minimum atomic E-state index is -0.590. The quantitative estimate of drug-likeness (QED) is 0.248. The maximum Gasteiger partial charge on any atom is 0.410 e. The number of phenolic OH excluding ortho intramolecular Hbond substituents is 1.